The molecule has 0 radical (unpaired) electrons. The molecule has 3 heteroatoms. The van der Waals surface area contributed by atoms with Crippen LogP contribution in [-0.4, -0.2) is 11.0 Å². The van der Waals surface area contributed by atoms with Crippen LogP contribution in [0.25, 0.3) is 0 Å². The van der Waals surface area contributed by atoms with Gasteiger partial charge in [0, 0.05) is 10.9 Å². The molecule has 1 aromatic rings. The maximum absolute atomic E-state index is 4.97. The highest BCUT2D eigenvalue weighted by Gasteiger charge is 2.27. The second-order valence-electron chi connectivity index (χ2n) is 6.12. The van der Waals surface area contributed by atoms with E-state index >= 15 is 0 Å². The highest BCUT2D eigenvalue weighted by molar-refractivity contribution is 7.11. The van der Waals surface area contributed by atoms with Gasteiger partial charge in [-0.2, -0.15) is 0 Å². The van der Waals surface area contributed by atoms with Gasteiger partial charge in [0.25, 0.3) is 0 Å². The van der Waals surface area contributed by atoms with Crippen molar-refractivity contribution in [2.45, 2.75) is 83.2 Å². The molecule has 106 valence electrons. The SMILES string of the molecule is CCCCCC(NC1CC1)c1nc2c(s1)CCCC2. The Balaban J connectivity index is 1.67. The van der Waals surface area contributed by atoms with E-state index in [1.165, 1.54) is 74.9 Å². The zero-order chi connectivity index (χ0) is 13.1. The molecule has 0 bridgehead atoms. The molecular weight excluding hydrogens is 252 g/mol. The number of aromatic nitrogens is 1. The Morgan fingerprint density at radius 2 is 2.11 bits per heavy atom. The lowest BCUT2D eigenvalue weighted by atomic mass is 10.0. The Bertz CT molecular complexity index is 385. The Labute approximate surface area is 121 Å². The summed E-state index contributed by atoms with van der Waals surface area (Å²) in [5.74, 6) is 0. The monoisotopic (exact) mass is 278 g/mol. The largest absolute Gasteiger partial charge is 0.305 e. The van der Waals surface area contributed by atoms with Gasteiger partial charge in [0.05, 0.1) is 11.7 Å². The lowest BCUT2D eigenvalue weighted by Gasteiger charge is -2.15. The first kappa shape index (κ1) is 13.6. The van der Waals surface area contributed by atoms with Crippen molar-refractivity contribution in [3.63, 3.8) is 0 Å². The van der Waals surface area contributed by atoms with Crippen molar-refractivity contribution in [2.75, 3.05) is 0 Å². The Morgan fingerprint density at radius 1 is 1.26 bits per heavy atom. The number of nitrogens with zero attached hydrogens (tertiary/aromatic N) is 1. The molecule has 1 heterocycles. The lowest BCUT2D eigenvalue weighted by Crippen LogP contribution is -2.23. The fourth-order valence-corrected chi connectivity index (χ4v) is 4.18. The molecule has 1 unspecified atom stereocenters. The maximum Gasteiger partial charge on any atom is 0.110 e. The van der Waals surface area contributed by atoms with Crippen LogP contribution >= 0.6 is 11.3 Å². The Morgan fingerprint density at radius 3 is 2.84 bits per heavy atom. The van der Waals surface area contributed by atoms with Crippen molar-refractivity contribution in [1.82, 2.24) is 10.3 Å². The summed E-state index contributed by atoms with van der Waals surface area (Å²) in [5, 5.41) is 5.21. The number of aryl methyl sites for hydroxylation is 2. The zero-order valence-electron chi connectivity index (χ0n) is 12.1. The number of thiazole rings is 1. The summed E-state index contributed by atoms with van der Waals surface area (Å²) in [6, 6.07) is 1.32. The fraction of sp³-hybridized carbons (Fsp3) is 0.812. The third-order valence-electron chi connectivity index (χ3n) is 4.27. The van der Waals surface area contributed by atoms with E-state index in [0.29, 0.717) is 6.04 Å². The summed E-state index contributed by atoms with van der Waals surface area (Å²) in [6.45, 7) is 2.28. The van der Waals surface area contributed by atoms with Gasteiger partial charge in [0.2, 0.25) is 0 Å². The average molecular weight is 278 g/mol. The van der Waals surface area contributed by atoms with Gasteiger partial charge in [-0.25, -0.2) is 4.98 Å². The number of nitrogens with one attached hydrogen (secondary N) is 1. The highest BCUT2D eigenvalue weighted by atomic mass is 32.1. The van der Waals surface area contributed by atoms with Gasteiger partial charge in [-0.05, 0) is 44.9 Å². The minimum Gasteiger partial charge on any atom is -0.305 e. The van der Waals surface area contributed by atoms with E-state index in [1.54, 1.807) is 4.88 Å². The third-order valence-corrected chi connectivity index (χ3v) is 5.54. The molecule has 19 heavy (non-hydrogen) atoms. The Hall–Kier alpha value is -0.410. The van der Waals surface area contributed by atoms with Gasteiger partial charge in [0.1, 0.15) is 5.01 Å². The first-order chi connectivity index (χ1) is 9.36. The van der Waals surface area contributed by atoms with Crippen molar-refractivity contribution in [2.24, 2.45) is 0 Å². The van der Waals surface area contributed by atoms with E-state index in [1.807, 2.05) is 11.3 Å². The minimum atomic E-state index is 0.537. The summed E-state index contributed by atoms with van der Waals surface area (Å²) in [5.41, 5.74) is 1.42. The van der Waals surface area contributed by atoms with Crippen molar-refractivity contribution in [3.8, 4) is 0 Å². The molecule has 1 aromatic heterocycles. The van der Waals surface area contributed by atoms with Gasteiger partial charge in [0.15, 0.2) is 0 Å². The van der Waals surface area contributed by atoms with E-state index in [4.69, 9.17) is 4.98 Å². The first-order valence-corrected chi connectivity index (χ1v) is 8.93. The number of unbranched alkanes of at least 4 members (excludes halogenated alkanes) is 2. The van der Waals surface area contributed by atoms with Crippen LogP contribution in [0.4, 0.5) is 0 Å². The van der Waals surface area contributed by atoms with E-state index < -0.39 is 0 Å². The molecule has 2 aliphatic carbocycles. The van der Waals surface area contributed by atoms with Crippen molar-refractivity contribution in [1.29, 1.82) is 0 Å². The summed E-state index contributed by atoms with van der Waals surface area (Å²) < 4.78 is 0. The van der Waals surface area contributed by atoms with Gasteiger partial charge in [-0.15, -0.1) is 11.3 Å². The van der Waals surface area contributed by atoms with Gasteiger partial charge in [-0.1, -0.05) is 26.2 Å². The number of hydrogen-bond donors (Lipinski definition) is 1. The quantitative estimate of drug-likeness (QED) is 0.748. The van der Waals surface area contributed by atoms with Crippen LogP contribution in [0.5, 0.6) is 0 Å². The summed E-state index contributed by atoms with van der Waals surface area (Å²) >= 11 is 2.00. The molecular formula is C16H26N2S. The van der Waals surface area contributed by atoms with Crippen molar-refractivity contribution >= 4 is 11.3 Å². The van der Waals surface area contributed by atoms with Crippen LogP contribution in [0.3, 0.4) is 0 Å². The summed E-state index contributed by atoms with van der Waals surface area (Å²) in [4.78, 5) is 6.55. The van der Waals surface area contributed by atoms with Gasteiger partial charge < -0.3 is 5.32 Å². The van der Waals surface area contributed by atoms with E-state index in [-0.39, 0.29) is 0 Å². The smallest absolute Gasteiger partial charge is 0.110 e. The Kier molecular flexibility index (Phi) is 4.54. The molecule has 0 aromatic carbocycles. The number of fused-ring (bicyclic) bond motifs is 1. The standard InChI is InChI=1S/C16H26N2S/c1-2-3-4-8-14(17-12-10-11-12)16-18-13-7-5-6-9-15(13)19-16/h12,14,17H,2-11H2,1H3. The maximum atomic E-state index is 4.97. The van der Waals surface area contributed by atoms with Gasteiger partial charge in [-0.3, -0.25) is 0 Å². The molecule has 2 nitrogen and oxygen atoms in total. The van der Waals surface area contributed by atoms with Crippen LogP contribution in [-0.2, 0) is 12.8 Å². The third kappa shape index (κ3) is 3.57. The molecule has 1 saturated carbocycles. The van der Waals surface area contributed by atoms with E-state index in [2.05, 4.69) is 12.2 Å². The summed E-state index contributed by atoms with van der Waals surface area (Å²) in [7, 11) is 0. The predicted molar refractivity (Wildman–Crippen MR) is 81.8 cm³/mol. The molecule has 0 amide bonds. The predicted octanol–water partition coefficient (Wildman–Crippen LogP) is 4.40. The normalized spacial score (nSPS) is 20.3. The van der Waals surface area contributed by atoms with Crippen molar-refractivity contribution in [3.05, 3.63) is 15.6 Å². The second-order valence-corrected chi connectivity index (χ2v) is 7.23. The lowest BCUT2D eigenvalue weighted by molar-refractivity contribution is 0.469. The van der Waals surface area contributed by atoms with Crippen LogP contribution in [0.2, 0.25) is 0 Å². The van der Waals surface area contributed by atoms with Crippen LogP contribution in [0.1, 0.15) is 79.9 Å². The summed E-state index contributed by atoms with van der Waals surface area (Å²) in [6.07, 6.45) is 13.2. The van der Waals surface area contributed by atoms with Crippen LogP contribution in [0, 0.1) is 0 Å². The first-order valence-electron chi connectivity index (χ1n) is 8.11. The van der Waals surface area contributed by atoms with E-state index in [0.717, 1.165) is 6.04 Å². The molecule has 1 N–H and O–H groups in total. The molecule has 3 rings (SSSR count). The minimum absolute atomic E-state index is 0.537. The van der Waals surface area contributed by atoms with Crippen LogP contribution in [0.15, 0.2) is 0 Å². The molecule has 0 spiro atoms. The second kappa shape index (κ2) is 6.36. The molecule has 1 atom stereocenters. The van der Waals surface area contributed by atoms with Gasteiger partial charge >= 0.3 is 0 Å². The average Bonchev–Trinajstić information content (AvgIpc) is 3.14. The highest BCUT2D eigenvalue weighted by Crippen LogP contribution is 2.33. The number of hydrogen-bond acceptors (Lipinski definition) is 3. The van der Waals surface area contributed by atoms with E-state index in [9.17, 15) is 0 Å². The molecule has 2 aliphatic rings. The van der Waals surface area contributed by atoms with Crippen molar-refractivity contribution < 1.29 is 0 Å². The zero-order valence-corrected chi connectivity index (χ0v) is 12.9. The van der Waals surface area contributed by atoms with Crippen LogP contribution < -0.4 is 5.32 Å². The molecule has 0 aliphatic heterocycles. The number of rotatable bonds is 7. The molecule has 0 saturated heterocycles. The molecule has 1 fully saturated rings. The fourth-order valence-electron chi connectivity index (χ4n) is 2.93. The topological polar surface area (TPSA) is 24.9 Å².